The van der Waals surface area contributed by atoms with Crippen molar-refractivity contribution in [1.29, 1.82) is 0 Å². The van der Waals surface area contributed by atoms with Crippen molar-refractivity contribution < 1.29 is 13.9 Å². The van der Waals surface area contributed by atoms with Crippen LogP contribution in [0, 0.1) is 0 Å². The van der Waals surface area contributed by atoms with Gasteiger partial charge in [-0.15, -0.1) is 0 Å². The minimum atomic E-state index is -0.157. The summed E-state index contributed by atoms with van der Waals surface area (Å²) in [5.74, 6) is -0.157. The Morgan fingerprint density at radius 2 is 2.43 bits per heavy atom. The van der Waals surface area contributed by atoms with Crippen molar-refractivity contribution in [2.45, 2.75) is 0 Å². The van der Waals surface area contributed by atoms with Gasteiger partial charge < -0.3 is 20.2 Å². The molecule has 5 heteroatoms. The number of nitrogens with two attached hydrogens (primary N) is 1. The van der Waals surface area contributed by atoms with Crippen molar-refractivity contribution in [3.8, 4) is 0 Å². The van der Waals surface area contributed by atoms with E-state index in [0.29, 0.717) is 31.9 Å². The lowest BCUT2D eigenvalue weighted by Crippen LogP contribution is -2.27. The van der Waals surface area contributed by atoms with Crippen LogP contribution < -0.4 is 11.1 Å². The predicted octanol–water partition coefficient (Wildman–Crippen LogP) is -0.0153. The minimum Gasteiger partial charge on any atom is -0.472 e. The first-order chi connectivity index (χ1) is 6.84. The first-order valence-electron chi connectivity index (χ1n) is 4.43. The fraction of sp³-hybridized carbons (Fsp3) is 0.444. The summed E-state index contributed by atoms with van der Waals surface area (Å²) in [7, 11) is 0. The molecule has 0 aliphatic heterocycles. The molecule has 1 heterocycles. The molecule has 0 bridgehead atoms. The number of amides is 1. The second-order valence-corrected chi connectivity index (χ2v) is 2.67. The van der Waals surface area contributed by atoms with Crippen molar-refractivity contribution in [2.75, 3.05) is 26.3 Å². The number of ether oxygens (including phenoxy) is 1. The van der Waals surface area contributed by atoms with Gasteiger partial charge >= 0.3 is 0 Å². The van der Waals surface area contributed by atoms with Gasteiger partial charge in [-0.05, 0) is 6.07 Å². The molecular formula is C9H14N2O3. The third kappa shape index (κ3) is 3.59. The minimum absolute atomic E-state index is 0.157. The van der Waals surface area contributed by atoms with Gasteiger partial charge in [0.05, 0.1) is 25.0 Å². The molecule has 0 radical (unpaired) electrons. The van der Waals surface area contributed by atoms with Gasteiger partial charge in [0.25, 0.3) is 5.91 Å². The van der Waals surface area contributed by atoms with Gasteiger partial charge in [-0.1, -0.05) is 0 Å². The van der Waals surface area contributed by atoms with Gasteiger partial charge in [-0.25, -0.2) is 0 Å². The lowest BCUT2D eigenvalue weighted by Gasteiger charge is -2.03. The second-order valence-electron chi connectivity index (χ2n) is 2.67. The summed E-state index contributed by atoms with van der Waals surface area (Å²) in [4.78, 5) is 11.3. The zero-order chi connectivity index (χ0) is 10.2. The molecule has 78 valence electrons. The van der Waals surface area contributed by atoms with E-state index in [2.05, 4.69) is 5.32 Å². The van der Waals surface area contributed by atoms with E-state index in [4.69, 9.17) is 14.9 Å². The van der Waals surface area contributed by atoms with Crippen LogP contribution in [-0.4, -0.2) is 32.2 Å². The summed E-state index contributed by atoms with van der Waals surface area (Å²) < 4.78 is 9.86. The van der Waals surface area contributed by atoms with Crippen LogP contribution >= 0.6 is 0 Å². The number of nitrogens with one attached hydrogen (secondary N) is 1. The van der Waals surface area contributed by atoms with Crippen LogP contribution in [0.25, 0.3) is 0 Å². The Bertz CT molecular complexity index is 259. The fourth-order valence-electron chi connectivity index (χ4n) is 0.918. The van der Waals surface area contributed by atoms with E-state index in [1.807, 2.05) is 0 Å². The van der Waals surface area contributed by atoms with Crippen molar-refractivity contribution >= 4 is 5.91 Å². The summed E-state index contributed by atoms with van der Waals surface area (Å²) in [5.41, 5.74) is 5.74. The van der Waals surface area contributed by atoms with Crippen molar-refractivity contribution in [2.24, 2.45) is 5.73 Å². The largest absolute Gasteiger partial charge is 0.472 e. The molecule has 1 aromatic heterocycles. The zero-order valence-corrected chi connectivity index (χ0v) is 7.86. The molecule has 1 amide bonds. The molecule has 1 aromatic rings. The predicted molar refractivity (Wildman–Crippen MR) is 50.9 cm³/mol. The maximum absolute atomic E-state index is 11.3. The highest BCUT2D eigenvalue weighted by molar-refractivity contribution is 5.93. The quantitative estimate of drug-likeness (QED) is 0.630. The van der Waals surface area contributed by atoms with E-state index in [1.54, 1.807) is 6.07 Å². The molecule has 0 spiro atoms. The fourth-order valence-corrected chi connectivity index (χ4v) is 0.918. The van der Waals surface area contributed by atoms with Crippen LogP contribution in [0.3, 0.4) is 0 Å². The van der Waals surface area contributed by atoms with E-state index in [9.17, 15) is 4.79 Å². The topological polar surface area (TPSA) is 77.5 Å². The lowest BCUT2D eigenvalue weighted by atomic mass is 10.3. The summed E-state index contributed by atoms with van der Waals surface area (Å²) in [5, 5.41) is 2.68. The Morgan fingerprint density at radius 1 is 1.57 bits per heavy atom. The number of rotatable bonds is 6. The summed E-state index contributed by atoms with van der Waals surface area (Å²) in [6.45, 7) is 1.96. The van der Waals surface area contributed by atoms with Gasteiger partial charge in [-0.3, -0.25) is 4.79 Å². The van der Waals surface area contributed by atoms with Gasteiger partial charge in [-0.2, -0.15) is 0 Å². The molecule has 14 heavy (non-hydrogen) atoms. The Balaban J connectivity index is 2.10. The Kier molecular flexibility index (Phi) is 4.74. The van der Waals surface area contributed by atoms with E-state index in [1.165, 1.54) is 12.5 Å². The molecule has 0 aliphatic carbocycles. The van der Waals surface area contributed by atoms with E-state index in [0.717, 1.165) is 0 Å². The van der Waals surface area contributed by atoms with Gasteiger partial charge in [0.15, 0.2) is 0 Å². The number of furan rings is 1. The average Bonchev–Trinajstić information content (AvgIpc) is 2.70. The summed E-state index contributed by atoms with van der Waals surface area (Å²) in [6.07, 6.45) is 2.86. The molecular weight excluding hydrogens is 184 g/mol. The molecule has 0 aliphatic rings. The summed E-state index contributed by atoms with van der Waals surface area (Å²) >= 11 is 0. The van der Waals surface area contributed by atoms with E-state index >= 15 is 0 Å². The smallest absolute Gasteiger partial charge is 0.254 e. The standard InChI is InChI=1S/C9H14N2O3/c10-2-5-13-6-3-11-9(12)8-1-4-14-7-8/h1,4,7H,2-3,5-6,10H2,(H,11,12). The normalized spacial score (nSPS) is 10.1. The zero-order valence-electron chi connectivity index (χ0n) is 7.86. The number of carbonyl (C=O) groups is 1. The third-order valence-electron chi connectivity index (χ3n) is 1.58. The first-order valence-corrected chi connectivity index (χ1v) is 4.43. The maximum atomic E-state index is 11.3. The molecule has 0 saturated heterocycles. The van der Waals surface area contributed by atoms with E-state index in [-0.39, 0.29) is 5.91 Å². The van der Waals surface area contributed by atoms with Crippen LogP contribution in [-0.2, 0) is 4.74 Å². The highest BCUT2D eigenvalue weighted by Gasteiger charge is 2.04. The molecule has 0 atom stereocenters. The Labute approximate surface area is 82.2 Å². The Morgan fingerprint density at radius 3 is 3.07 bits per heavy atom. The molecule has 0 saturated carbocycles. The monoisotopic (exact) mass is 198 g/mol. The van der Waals surface area contributed by atoms with Gasteiger partial charge in [0, 0.05) is 13.1 Å². The third-order valence-corrected chi connectivity index (χ3v) is 1.58. The molecule has 1 rings (SSSR count). The SMILES string of the molecule is NCCOCCNC(=O)c1ccoc1. The van der Waals surface area contributed by atoms with Crippen LogP contribution in [0.2, 0.25) is 0 Å². The van der Waals surface area contributed by atoms with Crippen molar-refractivity contribution in [3.63, 3.8) is 0 Å². The molecule has 3 N–H and O–H groups in total. The van der Waals surface area contributed by atoms with Crippen LogP contribution in [0.15, 0.2) is 23.0 Å². The number of hydrogen-bond donors (Lipinski definition) is 2. The number of hydrogen-bond acceptors (Lipinski definition) is 4. The molecule has 0 aromatic carbocycles. The maximum Gasteiger partial charge on any atom is 0.254 e. The molecule has 5 nitrogen and oxygen atoms in total. The van der Waals surface area contributed by atoms with Crippen LogP contribution in [0.5, 0.6) is 0 Å². The lowest BCUT2D eigenvalue weighted by molar-refractivity contribution is 0.0919. The van der Waals surface area contributed by atoms with Gasteiger partial charge in [0.2, 0.25) is 0 Å². The van der Waals surface area contributed by atoms with Gasteiger partial charge in [0.1, 0.15) is 6.26 Å². The van der Waals surface area contributed by atoms with Crippen LogP contribution in [0.1, 0.15) is 10.4 Å². The first kappa shape index (κ1) is 10.7. The molecule has 0 unspecified atom stereocenters. The summed E-state index contributed by atoms with van der Waals surface area (Å²) in [6, 6.07) is 1.61. The number of carbonyl (C=O) groups excluding carboxylic acids is 1. The second kappa shape index (κ2) is 6.17. The highest BCUT2D eigenvalue weighted by Crippen LogP contribution is 1.98. The van der Waals surface area contributed by atoms with E-state index < -0.39 is 0 Å². The van der Waals surface area contributed by atoms with Crippen molar-refractivity contribution in [3.05, 3.63) is 24.2 Å². The highest BCUT2D eigenvalue weighted by atomic mass is 16.5. The Hall–Kier alpha value is -1.33. The molecule has 0 fully saturated rings. The van der Waals surface area contributed by atoms with Crippen molar-refractivity contribution in [1.82, 2.24) is 5.32 Å². The average molecular weight is 198 g/mol. The van der Waals surface area contributed by atoms with Crippen LogP contribution in [0.4, 0.5) is 0 Å².